The lowest BCUT2D eigenvalue weighted by Crippen LogP contribution is -2.70. The molecule has 1 saturated carbocycles. The number of nitrogens with one attached hydrogen (secondary N) is 1. The Morgan fingerprint density at radius 1 is 1.19 bits per heavy atom. The third-order valence-electron chi connectivity index (χ3n) is 4.68. The van der Waals surface area contributed by atoms with Gasteiger partial charge in [-0.1, -0.05) is 13.8 Å². The van der Waals surface area contributed by atoms with Crippen LogP contribution in [0.1, 0.15) is 33.1 Å². The highest BCUT2D eigenvalue weighted by Gasteiger charge is 2.58. The first kappa shape index (κ1) is 11.0. The molecule has 0 radical (unpaired) electrons. The van der Waals surface area contributed by atoms with E-state index in [2.05, 4.69) is 19.2 Å². The van der Waals surface area contributed by atoms with Crippen LogP contribution in [0, 0.1) is 11.3 Å². The minimum Gasteiger partial charge on any atom is -0.380 e. The monoisotopic (exact) mass is 225 g/mol. The average molecular weight is 225 g/mol. The molecule has 2 heterocycles. The molecule has 0 aromatic rings. The van der Waals surface area contributed by atoms with E-state index in [9.17, 15) is 0 Å². The summed E-state index contributed by atoms with van der Waals surface area (Å²) in [6.45, 7) is 7.46. The predicted molar refractivity (Wildman–Crippen MR) is 62.4 cm³/mol. The van der Waals surface area contributed by atoms with Gasteiger partial charge in [0.25, 0.3) is 0 Å². The summed E-state index contributed by atoms with van der Waals surface area (Å²) in [5.74, 6) is 0.740. The van der Waals surface area contributed by atoms with Crippen molar-refractivity contribution in [1.82, 2.24) is 5.32 Å². The highest BCUT2D eigenvalue weighted by atomic mass is 16.5. The fourth-order valence-corrected chi connectivity index (χ4v) is 3.78. The Morgan fingerprint density at radius 2 is 2.06 bits per heavy atom. The summed E-state index contributed by atoms with van der Waals surface area (Å²) >= 11 is 0. The SMILES string of the molecule is CC1(C)C(NC2CCOC2)C2CCCOC21. The van der Waals surface area contributed by atoms with Crippen molar-refractivity contribution in [3.63, 3.8) is 0 Å². The zero-order valence-electron chi connectivity index (χ0n) is 10.4. The molecule has 3 aliphatic rings. The number of fused-ring (bicyclic) bond motifs is 1. The van der Waals surface area contributed by atoms with Gasteiger partial charge in [0.05, 0.1) is 12.7 Å². The van der Waals surface area contributed by atoms with Crippen LogP contribution in [-0.4, -0.2) is 38.0 Å². The molecule has 16 heavy (non-hydrogen) atoms. The zero-order valence-corrected chi connectivity index (χ0v) is 10.4. The third kappa shape index (κ3) is 1.60. The standard InChI is InChI=1S/C13H23NO2/c1-13(2)11(14-9-5-7-15-8-9)10-4-3-6-16-12(10)13/h9-12,14H,3-8H2,1-2H3. The second-order valence-electron chi connectivity index (χ2n) is 6.12. The second kappa shape index (κ2) is 3.97. The van der Waals surface area contributed by atoms with Crippen LogP contribution in [0.2, 0.25) is 0 Å². The first-order chi connectivity index (χ1) is 7.69. The van der Waals surface area contributed by atoms with Crippen molar-refractivity contribution >= 4 is 0 Å². The van der Waals surface area contributed by atoms with Gasteiger partial charge in [-0.05, 0) is 19.3 Å². The van der Waals surface area contributed by atoms with E-state index in [-0.39, 0.29) is 0 Å². The summed E-state index contributed by atoms with van der Waals surface area (Å²) in [5.41, 5.74) is 0.299. The van der Waals surface area contributed by atoms with Crippen molar-refractivity contribution in [3.8, 4) is 0 Å². The molecule has 92 valence electrons. The molecule has 3 fully saturated rings. The molecule has 0 aromatic carbocycles. The Bertz CT molecular complexity index is 261. The summed E-state index contributed by atoms with van der Waals surface area (Å²) in [6, 6.07) is 1.21. The van der Waals surface area contributed by atoms with Gasteiger partial charge in [-0.3, -0.25) is 0 Å². The molecule has 3 nitrogen and oxygen atoms in total. The van der Waals surface area contributed by atoms with Crippen LogP contribution in [-0.2, 0) is 9.47 Å². The smallest absolute Gasteiger partial charge is 0.0684 e. The van der Waals surface area contributed by atoms with Crippen LogP contribution in [0.15, 0.2) is 0 Å². The van der Waals surface area contributed by atoms with Crippen LogP contribution >= 0.6 is 0 Å². The van der Waals surface area contributed by atoms with Crippen LogP contribution < -0.4 is 5.32 Å². The van der Waals surface area contributed by atoms with Gasteiger partial charge in [0.2, 0.25) is 0 Å². The van der Waals surface area contributed by atoms with E-state index < -0.39 is 0 Å². The summed E-state index contributed by atoms with van der Waals surface area (Å²) in [7, 11) is 0. The average Bonchev–Trinajstić information content (AvgIpc) is 2.79. The molecule has 2 aliphatic heterocycles. The van der Waals surface area contributed by atoms with Crippen LogP contribution in [0.25, 0.3) is 0 Å². The topological polar surface area (TPSA) is 30.5 Å². The molecule has 0 spiro atoms. The quantitative estimate of drug-likeness (QED) is 0.774. The predicted octanol–water partition coefficient (Wildman–Crippen LogP) is 1.57. The van der Waals surface area contributed by atoms with E-state index in [4.69, 9.17) is 9.47 Å². The molecule has 2 saturated heterocycles. The lowest BCUT2D eigenvalue weighted by atomic mass is 9.55. The van der Waals surface area contributed by atoms with Crippen molar-refractivity contribution in [2.75, 3.05) is 19.8 Å². The Hall–Kier alpha value is -0.120. The Morgan fingerprint density at radius 3 is 2.81 bits per heavy atom. The fourth-order valence-electron chi connectivity index (χ4n) is 3.78. The van der Waals surface area contributed by atoms with Crippen molar-refractivity contribution in [2.24, 2.45) is 11.3 Å². The molecule has 3 rings (SSSR count). The van der Waals surface area contributed by atoms with Crippen molar-refractivity contribution < 1.29 is 9.47 Å². The molecule has 0 aromatic heterocycles. The normalized spacial score (nSPS) is 46.1. The van der Waals surface area contributed by atoms with Crippen LogP contribution in [0.5, 0.6) is 0 Å². The van der Waals surface area contributed by atoms with Crippen LogP contribution in [0.3, 0.4) is 0 Å². The molecule has 1 aliphatic carbocycles. The van der Waals surface area contributed by atoms with E-state index >= 15 is 0 Å². The van der Waals surface area contributed by atoms with Gasteiger partial charge in [-0.15, -0.1) is 0 Å². The molecular formula is C13H23NO2. The molecule has 0 amide bonds. The van der Waals surface area contributed by atoms with Crippen molar-refractivity contribution in [3.05, 3.63) is 0 Å². The first-order valence-corrected chi connectivity index (χ1v) is 6.65. The summed E-state index contributed by atoms with van der Waals surface area (Å²) in [5, 5.41) is 3.80. The molecule has 4 atom stereocenters. The van der Waals surface area contributed by atoms with E-state index in [0.29, 0.717) is 23.6 Å². The van der Waals surface area contributed by atoms with Gasteiger partial charge in [0.1, 0.15) is 0 Å². The number of ether oxygens (including phenoxy) is 2. The van der Waals surface area contributed by atoms with Gasteiger partial charge in [-0.2, -0.15) is 0 Å². The fraction of sp³-hybridized carbons (Fsp3) is 1.00. The van der Waals surface area contributed by atoms with E-state index in [0.717, 1.165) is 25.7 Å². The van der Waals surface area contributed by atoms with Crippen LogP contribution in [0.4, 0.5) is 0 Å². The zero-order chi connectivity index (χ0) is 11.2. The van der Waals surface area contributed by atoms with Gasteiger partial charge in [-0.25, -0.2) is 0 Å². The molecule has 3 heteroatoms. The Kier molecular flexibility index (Phi) is 2.73. The van der Waals surface area contributed by atoms with Gasteiger partial charge >= 0.3 is 0 Å². The second-order valence-corrected chi connectivity index (χ2v) is 6.12. The number of rotatable bonds is 2. The highest BCUT2D eigenvalue weighted by Crippen LogP contribution is 2.51. The van der Waals surface area contributed by atoms with E-state index in [1.807, 2.05) is 0 Å². The highest BCUT2D eigenvalue weighted by molar-refractivity contribution is 5.11. The van der Waals surface area contributed by atoms with E-state index in [1.54, 1.807) is 0 Å². The molecule has 0 bridgehead atoms. The van der Waals surface area contributed by atoms with Gasteiger partial charge in [0, 0.05) is 36.6 Å². The minimum atomic E-state index is 0.299. The lowest BCUT2D eigenvalue weighted by Gasteiger charge is -2.60. The third-order valence-corrected chi connectivity index (χ3v) is 4.68. The van der Waals surface area contributed by atoms with Gasteiger partial charge < -0.3 is 14.8 Å². The summed E-state index contributed by atoms with van der Waals surface area (Å²) in [6.07, 6.45) is 4.22. The molecule has 4 unspecified atom stereocenters. The van der Waals surface area contributed by atoms with Crippen molar-refractivity contribution in [1.29, 1.82) is 0 Å². The maximum Gasteiger partial charge on any atom is 0.0684 e. The minimum absolute atomic E-state index is 0.299. The number of hydrogen-bond acceptors (Lipinski definition) is 3. The first-order valence-electron chi connectivity index (χ1n) is 6.65. The van der Waals surface area contributed by atoms with E-state index in [1.165, 1.54) is 19.3 Å². The summed E-state index contributed by atoms with van der Waals surface area (Å²) in [4.78, 5) is 0. The Labute approximate surface area is 97.9 Å². The maximum atomic E-state index is 5.92. The Balaban J connectivity index is 1.64. The summed E-state index contributed by atoms with van der Waals surface area (Å²) < 4.78 is 11.4. The largest absolute Gasteiger partial charge is 0.380 e. The molecular weight excluding hydrogens is 202 g/mol. The van der Waals surface area contributed by atoms with Crippen molar-refractivity contribution in [2.45, 2.75) is 51.3 Å². The molecule has 1 N–H and O–H groups in total. The number of hydrogen-bond donors (Lipinski definition) is 1. The lowest BCUT2D eigenvalue weighted by molar-refractivity contribution is -0.194. The van der Waals surface area contributed by atoms with Gasteiger partial charge in [0.15, 0.2) is 0 Å². The maximum absolute atomic E-state index is 5.92.